The maximum Gasteiger partial charge on any atom is 0.244 e. The van der Waals surface area contributed by atoms with Crippen LogP contribution in [0.3, 0.4) is 0 Å². The van der Waals surface area contributed by atoms with Crippen molar-refractivity contribution in [1.82, 2.24) is 0 Å². The van der Waals surface area contributed by atoms with Gasteiger partial charge in [0.1, 0.15) is 0 Å². The fourth-order valence-corrected chi connectivity index (χ4v) is 1.91. The van der Waals surface area contributed by atoms with Gasteiger partial charge in [0.15, 0.2) is 0 Å². The van der Waals surface area contributed by atoms with Crippen molar-refractivity contribution in [2.24, 2.45) is 5.73 Å². The zero-order valence-electron chi connectivity index (χ0n) is 8.93. The van der Waals surface area contributed by atoms with Gasteiger partial charge in [-0.1, -0.05) is 24.3 Å². The van der Waals surface area contributed by atoms with E-state index in [4.69, 9.17) is 5.73 Å². The van der Waals surface area contributed by atoms with Crippen LogP contribution >= 0.6 is 12.4 Å². The van der Waals surface area contributed by atoms with Crippen LogP contribution in [0.2, 0.25) is 0 Å². The maximum atomic E-state index is 11.8. The predicted octanol–water partition coefficient (Wildman–Crippen LogP) is 1.51. The van der Waals surface area contributed by atoms with Crippen molar-refractivity contribution < 1.29 is 4.79 Å². The average Bonchev–Trinajstić information content (AvgIpc) is 2.25. The fraction of sp³-hybridized carbons (Fsp3) is 0.250. The lowest BCUT2D eigenvalue weighted by Crippen LogP contribution is -2.48. The first-order chi connectivity index (χ1) is 7.24. The molecule has 16 heavy (non-hydrogen) atoms. The minimum atomic E-state index is -0.417. The van der Waals surface area contributed by atoms with Crippen molar-refractivity contribution >= 4 is 24.0 Å². The summed E-state index contributed by atoms with van der Waals surface area (Å²) in [6, 6.07) is 7.44. The fourth-order valence-electron chi connectivity index (χ4n) is 1.91. The van der Waals surface area contributed by atoms with Crippen LogP contribution in [-0.4, -0.2) is 18.5 Å². The summed E-state index contributed by atoms with van der Waals surface area (Å²) in [5.74, 6) is -0.0198. The number of benzene rings is 1. The Balaban J connectivity index is 0.00000128. The van der Waals surface area contributed by atoms with Crippen molar-refractivity contribution in [3.05, 3.63) is 42.5 Å². The quantitative estimate of drug-likeness (QED) is 0.794. The Hall–Kier alpha value is -1.32. The summed E-state index contributed by atoms with van der Waals surface area (Å²) < 4.78 is 0. The zero-order chi connectivity index (χ0) is 10.8. The second kappa shape index (κ2) is 5.14. The number of fused-ring (bicyclic) bond motifs is 1. The second-order valence-corrected chi connectivity index (χ2v) is 3.68. The lowest BCUT2D eigenvalue weighted by Gasteiger charge is -2.31. The first-order valence-corrected chi connectivity index (χ1v) is 5.00. The predicted molar refractivity (Wildman–Crippen MR) is 67.9 cm³/mol. The molecule has 0 saturated heterocycles. The molecule has 0 radical (unpaired) electrons. The number of halogens is 1. The molecule has 1 aliphatic rings. The van der Waals surface area contributed by atoms with Gasteiger partial charge in [-0.15, -0.1) is 19.0 Å². The van der Waals surface area contributed by atoms with Gasteiger partial charge in [-0.2, -0.15) is 0 Å². The van der Waals surface area contributed by atoms with E-state index in [0.29, 0.717) is 13.0 Å². The molecule has 0 spiro atoms. The van der Waals surface area contributed by atoms with Crippen molar-refractivity contribution in [3.63, 3.8) is 0 Å². The van der Waals surface area contributed by atoms with Gasteiger partial charge in [0.2, 0.25) is 5.91 Å². The summed E-state index contributed by atoms with van der Waals surface area (Å²) in [5, 5.41) is 0. The number of nitrogens with zero attached hydrogens (tertiary/aromatic N) is 1. The second-order valence-electron chi connectivity index (χ2n) is 3.68. The van der Waals surface area contributed by atoms with E-state index in [9.17, 15) is 4.79 Å². The van der Waals surface area contributed by atoms with E-state index in [0.717, 1.165) is 11.3 Å². The highest BCUT2D eigenvalue weighted by Crippen LogP contribution is 2.26. The SMILES string of the molecule is C=CCN1C(=O)C(N)Cc2ccccc21.Cl. The minimum Gasteiger partial charge on any atom is -0.320 e. The van der Waals surface area contributed by atoms with Crippen LogP contribution in [-0.2, 0) is 11.2 Å². The molecule has 0 fully saturated rings. The van der Waals surface area contributed by atoms with Crippen molar-refractivity contribution in [3.8, 4) is 0 Å². The third-order valence-corrected chi connectivity index (χ3v) is 2.62. The number of nitrogens with two attached hydrogens (primary N) is 1. The van der Waals surface area contributed by atoms with Crippen LogP contribution in [0.4, 0.5) is 5.69 Å². The van der Waals surface area contributed by atoms with E-state index >= 15 is 0 Å². The van der Waals surface area contributed by atoms with E-state index in [1.54, 1.807) is 11.0 Å². The highest BCUT2D eigenvalue weighted by Gasteiger charge is 2.28. The number of carbonyl (C=O) groups excluding carboxylic acids is 1. The van der Waals surface area contributed by atoms with Crippen LogP contribution in [0.15, 0.2) is 36.9 Å². The van der Waals surface area contributed by atoms with E-state index in [1.807, 2.05) is 24.3 Å². The summed E-state index contributed by atoms with van der Waals surface area (Å²) in [6.07, 6.45) is 2.34. The summed E-state index contributed by atoms with van der Waals surface area (Å²) >= 11 is 0. The Kier molecular flexibility index (Phi) is 4.10. The molecule has 1 unspecified atom stereocenters. The first kappa shape index (κ1) is 12.7. The molecule has 1 aliphatic heterocycles. The molecule has 0 aliphatic carbocycles. The number of hydrogen-bond acceptors (Lipinski definition) is 2. The monoisotopic (exact) mass is 238 g/mol. The standard InChI is InChI=1S/C12H14N2O.ClH/c1-2-7-14-11-6-4-3-5-9(11)8-10(13)12(14)15;/h2-6,10H,1,7-8,13H2;1H. The molecule has 1 amide bonds. The molecule has 4 heteroatoms. The van der Waals surface area contributed by atoms with Crippen molar-refractivity contribution in [2.75, 3.05) is 11.4 Å². The van der Waals surface area contributed by atoms with E-state index in [-0.39, 0.29) is 18.3 Å². The highest BCUT2D eigenvalue weighted by atomic mass is 35.5. The van der Waals surface area contributed by atoms with E-state index in [1.165, 1.54) is 0 Å². The molecule has 86 valence electrons. The number of hydrogen-bond donors (Lipinski definition) is 1. The molecule has 1 aromatic carbocycles. The van der Waals surface area contributed by atoms with Gasteiger partial charge in [-0.25, -0.2) is 0 Å². The molecule has 1 heterocycles. The lowest BCUT2D eigenvalue weighted by molar-refractivity contribution is -0.120. The minimum absolute atomic E-state index is 0. The largest absolute Gasteiger partial charge is 0.320 e. The molecule has 3 nitrogen and oxygen atoms in total. The van der Waals surface area contributed by atoms with Gasteiger partial charge in [-0.05, 0) is 18.1 Å². The Morgan fingerprint density at radius 3 is 2.88 bits per heavy atom. The van der Waals surface area contributed by atoms with Crippen LogP contribution in [0.1, 0.15) is 5.56 Å². The van der Waals surface area contributed by atoms with Crippen LogP contribution in [0.5, 0.6) is 0 Å². The Morgan fingerprint density at radius 1 is 1.50 bits per heavy atom. The van der Waals surface area contributed by atoms with Crippen LogP contribution in [0.25, 0.3) is 0 Å². The van der Waals surface area contributed by atoms with Crippen LogP contribution in [0, 0.1) is 0 Å². The van der Waals surface area contributed by atoms with Gasteiger partial charge in [-0.3, -0.25) is 4.79 Å². The molecular weight excluding hydrogens is 224 g/mol. The molecule has 2 N–H and O–H groups in total. The topological polar surface area (TPSA) is 46.3 Å². The third kappa shape index (κ3) is 2.10. The van der Waals surface area contributed by atoms with Crippen molar-refractivity contribution in [1.29, 1.82) is 0 Å². The highest BCUT2D eigenvalue weighted by molar-refractivity contribution is 6.00. The van der Waals surface area contributed by atoms with E-state index < -0.39 is 6.04 Å². The summed E-state index contributed by atoms with van der Waals surface area (Å²) in [7, 11) is 0. The molecule has 2 rings (SSSR count). The smallest absolute Gasteiger partial charge is 0.244 e. The first-order valence-electron chi connectivity index (χ1n) is 5.00. The Morgan fingerprint density at radius 2 is 2.19 bits per heavy atom. The number of rotatable bonds is 2. The molecule has 0 aromatic heterocycles. The van der Waals surface area contributed by atoms with Crippen molar-refractivity contribution in [2.45, 2.75) is 12.5 Å². The van der Waals surface area contributed by atoms with Gasteiger partial charge in [0.05, 0.1) is 6.04 Å². The number of para-hydroxylation sites is 1. The lowest BCUT2D eigenvalue weighted by atomic mass is 9.98. The summed E-state index contributed by atoms with van der Waals surface area (Å²) in [4.78, 5) is 13.5. The summed E-state index contributed by atoms with van der Waals surface area (Å²) in [5.41, 5.74) is 7.88. The Labute approximate surface area is 101 Å². The van der Waals surface area contributed by atoms with Gasteiger partial charge in [0.25, 0.3) is 0 Å². The van der Waals surface area contributed by atoms with Crippen LogP contribution < -0.4 is 10.6 Å². The van der Waals surface area contributed by atoms with Gasteiger partial charge >= 0.3 is 0 Å². The zero-order valence-corrected chi connectivity index (χ0v) is 9.74. The van der Waals surface area contributed by atoms with Gasteiger partial charge < -0.3 is 10.6 Å². The molecule has 0 bridgehead atoms. The third-order valence-electron chi connectivity index (χ3n) is 2.62. The molecular formula is C12H15ClN2O. The maximum absolute atomic E-state index is 11.8. The molecule has 0 saturated carbocycles. The molecule has 1 atom stereocenters. The average molecular weight is 239 g/mol. The normalized spacial score (nSPS) is 18.7. The number of amides is 1. The summed E-state index contributed by atoms with van der Waals surface area (Å²) in [6.45, 7) is 4.17. The Bertz CT molecular complexity index is 406. The van der Waals surface area contributed by atoms with E-state index in [2.05, 4.69) is 6.58 Å². The molecule has 1 aromatic rings. The number of carbonyl (C=O) groups is 1. The number of anilines is 1. The van der Waals surface area contributed by atoms with Gasteiger partial charge in [0, 0.05) is 12.2 Å².